The van der Waals surface area contributed by atoms with Crippen molar-refractivity contribution >= 4 is 11.7 Å². The Kier molecular flexibility index (Phi) is 5.78. The molecule has 4 aliphatic rings. The van der Waals surface area contributed by atoms with Gasteiger partial charge in [0.15, 0.2) is 0 Å². The highest BCUT2D eigenvalue weighted by molar-refractivity contribution is 5.94. The summed E-state index contributed by atoms with van der Waals surface area (Å²) in [6, 6.07) is 11.9. The van der Waals surface area contributed by atoms with E-state index >= 15 is 0 Å². The van der Waals surface area contributed by atoms with Crippen molar-refractivity contribution in [3.8, 4) is 11.5 Å². The van der Waals surface area contributed by atoms with Crippen molar-refractivity contribution in [1.82, 2.24) is 15.2 Å². The van der Waals surface area contributed by atoms with Crippen LogP contribution in [-0.2, 0) is 4.74 Å². The van der Waals surface area contributed by atoms with Crippen LogP contribution in [0.4, 0.5) is 5.82 Å². The molecule has 4 saturated heterocycles. The number of anilines is 1. The summed E-state index contributed by atoms with van der Waals surface area (Å²) < 4.78 is 11.3. The molecule has 4 fully saturated rings. The SMILES string of the molecule is C[C@H]1[C@H](NC(=O)c2ccc(Oc3ccc(N4CCOCC4)nc3)cc2)C2CCN1CC2. The molecule has 0 saturated carbocycles. The quantitative estimate of drug-likeness (QED) is 0.799. The molecule has 2 atom stereocenters. The van der Waals surface area contributed by atoms with E-state index < -0.39 is 0 Å². The average Bonchev–Trinajstić information content (AvgIpc) is 2.83. The first-order chi connectivity index (χ1) is 15.2. The number of ether oxygens (including phenoxy) is 2. The maximum atomic E-state index is 12.8. The van der Waals surface area contributed by atoms with Crippen LogP contribution in [0.2, 0.25) is 0 Å². The lowest BCUT2D eigenvalue weighted by Crippen LogP contribution is -2.62. The maximum absolute atomic E-state index is 12.8. The second-order valence-electron chi connectivity index (χ2n) is 8.69. The van der Waals surface area contributed by atoms with E-state index in [2.05, 4.69) is 27.0 Å². The number of hydrogen-bond donors (Lipinski definition) is 1. The Morgan fingerprint density at radius 2 is 1.74 bits per heavy atom. The summed E-state index contributed by atoms with van der Waals surface area (Å²) in [5.41, 5.74) is 0.664. The summed E-state index contributed by atoms with van der Waals surface area (Å²) in [6.07, 6.45) is 4.10. The van der Waals surface area contributed by atoms with Crippen LogP contribution in [0.1, 0.15) is 30.1 Å². The average molecular weight is 423 g/mol. The zero-order chi connectivity index (χ0) is 21.2. The monoisotopic (exact) mass is 422 g/mol. The minimum atomic E-state index is -0.00585. The summed E-state index contributed by atoms with van der Waals surface area (Å²) in [6.45, 7) is 7.73. The Balaban J connectivity index is 1.18. The van der Waals surface area contributed by atoms with Gasteiger partial charge < -0.3 is 19.7 Å². The van der Waals surface area contributed by atoms with Crippen molar-refractivity contribution in [3.63, 3.8) is 0 Å². The zero-order valence-electron chi connectivity index (χ0n) is 18.0. The third-order valence-corrected chi connectivity index (χ3v) is 6.88. The van der Waals surface area contributed by atoms with Crippen LogP contribution in [-0.4, -0.2) is 67.3 Å². The standard InChI is InChI=1S/C24H30N4O3/c1-17-23(18-8-10-27(17)11-9-18)26-24(29)19-2-4-20(5-3-19)31-21-6-7-22(25-16-21)28-12-14-30-15-13-28/h2-7,16-18,23H,8-15H2,1H3,(H,26,29)/t17-,23-/m0/s1. The highest BCUT2D eigenvalue weighted by Gasteiger charge is 2.40. The molecule has 0 aliphatic carbocycles. The molecule has 164 valence electrons. The molecule has 1 aromatic carbocycles. The molecule has 1 amide bonds. The number of aromatic nitrogens is 1. The van der Waals surface area contributed by atoms with Gasteiger partial charge in [0.2, 0.25) is 0 Å². The highest BCUT2D eigenvalue weighted by Crippen LogP contribution is 2.32. The lowest BCUT2D eigenvalue weighted by molar-refractivity contribution is 0.0217. The highest BCUT2D eigenvalue weighted by atomic mass is 16.5. The van der Waals surface area contributed by atoms with E-state index in [0.717, 1.165) is 45.2 Å². The summed E-state index contributed by atoms with van der Waals surface area (Å²) in [5, 5.41) is 3.28. The topological polar surface area (TPSA) is 66.9 Å². The minimum Gasteiger partial charge on any atom is -0.456 e. The number of hydrogen-bond acceptors (Lipinski definition) is 6. The van der Waals surface area contributed by atoms with Gasteiger partial charge in [-0.25, -0.2) is 4.98 Å². The zero-order valence-corrected chi connectivity index (χ0v) is 18.0. The number of piperidine rings is 3. The molecule has 5 heterocycles. The molecule has 0 spiro atoms. The fourth-order valence-electron chi connectivity index (χ4n) is 5.00. The normalized spacial score (nSPS) is 27.7. The number of carbonyl (C=O) groups excluding carboxylic acids is 1. The molecule has 0 radical (unpaired) electrons. The molecule has 6 rings (SSSR count). The van der Waals surface area contributed by atoms with Gasteiger partial charge in [0.05, 0.1) is 19.4 Å². The van der Waals surface area contributed by atoms with Crippen LogP contribution in [0.3, 0.4) is 0 Å². The molecule has 31 heavy (non-hydrogen) atoms. The Morgan fingerprint density at radius 1 is 1.03 bits per heavy atom. The number of morpholine rings is 1. The molecule has 0 unspecified atom stereocenters. The van der Waals surface area contributed by atoms with Crippen molar-refractivity contribution < 1.29 is 14.3 Å². The van der Waals surface area contributed by atoms with E-state index in [1.165, 1.54) is 12.8 Å². The maximum Gasteiger partial charge on any atom is 0.251 e. The fourth-order valence-corrected chi connectivity index (χ4v) is 5.00. The number of fused-ring (bicyclic) bond motifs is 3. The van der Waals surface area contributed by atoms with Crippen molar-refractivity contribution in [2.45, 2.75) is 31.8 Å². The summed E-state index contributed by atoms with van der Waals surface area (Å²) in [5.74, 6) is 2.89. The Labute approximate surface area is 183 Å². The van der Waals surface area contributed by atoms with E-state index in [0.29, 0.717) is 29.0 Å². The van der Waals surface area contributed by atoms with Crippen LogP contribution < -0.4 is 15.0 Å². The molecule has 2 bridgehead atoms. The Bertz CT molecular complexity index is 886. The van der Waals surface area contributed by atoms with Crippen LogP contribution in [0, 0.1) is 5.92 Å². The lowest BCUT2D eigenvalue weighted by Gasteiger charge is -2.49. The smallest absolute Gasteiger partial charge is 0.251 e. The first kappa shape index (κ1) is 20.3. The molecular formula is C24H30N4O3. The number of nitrogens with one attached hydrogen (secondary N) is 1. The van der Waals surface area contributed by atoms with Crippen molar-refractivity contribution in [2.24, 2.45) is 5.92 Å². The predicted octanol–water partition coefficient (Wildman–Crippen LogP) is 2.92. The van der Waals surface area contributed by atoms with E-state index in [9.17, 15) is 4.79 Å². The van der Waals surface area contributed by atoms with Crippen LogP contribution in [0.25, 0.3) is 0 Å². The van der Waals surface area contributed by atoms with Gasteiger partial charge in [-0.05, 0) is 75.2 Å². The van der Waals surface area contributed by atoms with Gasteiger partial charge in [-0.1, -0.05) is 0 Å². The van der Waals surface area contributed by atoms with E-state index in [-0.39, 0.29) is 11.9 Å². The van der Waals surface area contributed by atoms with Gasteiger partial charge in [0.1, 0.15) is 17.3 Å². The predicted molar refractivity (Wildman–Crippen MR) is 119 cm³/mol. The summed E-state index contributed by atoms with van der Waals surface area (Å²) >= 11 is 0. The van der Waals surface area contributed by atoms with Crippen molar-refractivity contribution in [1.29, 1.82) is 0 Å². The molecule has 7 heteroatoms. The largest absolute Gasteiger partial charge is 0.456 e. The van der Waals surface area contributed by atoms with Gasteiger partial charge >= 0.3 is 0 Å². The Hall–Kier alpha value is -2.64. The third-order valence-electron chi connectivity index (χ3n) is 6.88. The van der Waals surface area contributed by atoms with E-state index in [4.69, 9.17) is 9.47 Å². The van der Waals surface area contributed by atoms with Crippen molar-refractivity contribution in [2.75, 3.05) is 44.3 Å². The number of carbonyl (C=O) groups is 1. The van der Waals surface area contributed by atoms with Gasteiger partial charge in [0, 0.05) is 30.7 Å². The van der Waals surface area contributed by atoms with Crippen LogP contribution in [0.5, 0.6) is 11.5 Å². The second-order valence-corrected chi connectivity index (χ2v) is 8.69. The van der Waals surface area contributed by atoms with Gasteiger partial charge in [0.25, 0.3) is 5.91 Å². The molecule has 2 aromatic rings. The molecule has 4 aliphatic heterocycles. The number of pyridine rings is 1. The molecule has 7 nitrogen and oxygen atoms in total. The number of benzene rings is 1. The fraction of sp³-hybridized carbons (Fsp3) is 0.500. The lowest BCUT2D eigenvalue weighted by atomic mass is 9.79. The summed E-state index contributed by atoms with van der Waals surface area (Å²) in [7, 11) is 0. The summed E-state index contributed by atoms with van der Waals surface area (Å²) in [4.78, 5) is 22.0. The number of amides is 1. The second kappa shape index (κ2) is 8.85. The molecule has 1 N–H and O–H groups in total. The minimum absolute atomic E-state index is 0.00585. The van der Waals surface area contributed by atoms with E-state index in [1.807, 2.05) is 36.4 Å². The first-order valence-electron chi connectivity index (χ1n) is 11.3. The Morgan fingerprint density at radius 3 is 2.39 bits per heavy atom. The van der Waals surface area contributed by atoms with Crippen LogP contribution >= 0.6 is 0 Å². The molecule has 1 aromatic heterocycles. The van der Waals surface area contributed by atoms with Crippen LogP contribution in [0.15, 0.2) is 42.6 Å². The van der Waals surface area contributed by atoms with Gasteiger partial charge in [-0.15, -0.1) is 0 Å². The first-order valence-corrected chi connectivity index (χ1v) is 11.3. The van der Waals surface area contributed by atoms with Crippen molar-refractivity contribution in [3.05, 3.63) is 48.2 Å². The number of rotatable bonds is 5. The van der Waals surface area contributed by atoms with Gasteiger partial charge in [-0.2, -0.15) is 0 Å². The molecular weight excluding hydrogens is 392 g/mol. The van der Waals surface area contributed by atoms with Gasteiger partial charge in [-0.3, -0.25) is 9.69 Å². The number of nitrogens with zero attached hydrogens (tertiary/aromatic N) is 3. The third kappa shape index (κ3) is 4.38. The van der Waals surface area contributed by atoms with E-state index in [1.54, 1.807) is 6.20 Å².